The van der Waals surface area contributed by atoms with Crippen molar-refractivity contribution in [3.8, 4) is 0 Å². The first-order valence-electron chi connectivity index (χ1n) is 3.18. The third-order valence-corrected chi connectivity index (χ3v) is 0.755. The maximum Gasteiger partial charge on any atom is 0.0668 e. The van der Waals surface area contributed by atoms with Gasteiger partial charge in [-0.15, -0.1) is 0 Å². The Balaban J connectivity index is 0. The lowest BCUT2D eigenvalue weighted by molar-refractivity contribution is -0.597. The summed E-state index contributed by atoms with van der Waals surface area (Å²) in [6.45, 7) is 3.15. The Morgan fingerprint density at radius 2 is 1.80 bits per heavy atom. The first kappa shape index (κ1) is 11.9. The van der Waals surface area contributed by atoms with E-state index in [1.54, 1.807) is 6.92 Å². The van der Waals surface area contributed by atoms with Crippen LogP contribution in [0.1, 0.15) is 13.8 Å². The topological polar surface area (TPSA) is 56.7 Å². The number of carbonyl (C=O) groups is 1. The van der Waals surface area contributed by atoms with Crippen molar-refractivity contribution >= 4 is 5.97 Å². The largest absolute Gasteiger partial charge is 0.545 e. The molecule has 0 heterocycles. The van der Waals surface area contributed by atoms with E-state index in [0.717, 1.165) is 0 Å². The molecule has 60 valence electrons. The molecule has 0 aliphatic heterocycles. The van der Waals surface area contributed by atoms with Crippen LogP contribution in [0.25, 0.3) is 0 Å². The first-order valence-corrected chi connectivity index (χ1v) is 3.18. The van der Waals surface area contributed by atoms with Gasteiger partial charge in [0.1, 0.15) is 0 Å². The first-order chi connectivity index (χ1) is 4.59. The van der Waals surface area contributed by atoms with E-state index in [2.05, 4.69) is 0 Å². The molecule has 0 unspecified atom stereocenters. The van der Waals surface area contributed by atoms with E-state index >= 15 is 0 Å². The van der Waals surface area contributed by atoms with Gasteiger partial charge in [-0.3, -0.25) is 0 Å². The van der Waals surface area contributed by atoms with Crippen molar-refractivity contribution in [1.82, 2.24) is 0 Å². The zero-order chi connectivity index (χ0) is 8.57. The van der Waals surface area contributed by atoms with Gasteiger partial charge in [0.2, 0.25) is 0 Å². The molecule has 3 nitrogen and oxygen atoms in total. The Morgan fingerprint density at radius 3 is 1.80 bits per heavy atom. The molecule has 3 heteroatoms. The zero-order valence-electron chi connectivity index (χ0n) is 6.97. The lowest BCUT2D eigenvalue weighted by Gasteiger charge is -1.96. The van der Waals surface area contributed by atoms with Crippen molar-refractivity contribution in [2.75, 3.05) is 14.1 Å². The van der Waals surface area contributed by atoms with Gasteiger partial charge in [-0.2, -0.15) is 0 Å². The smallest absolute Gasteiger partial charge is 0.0668 e. The average Bonchev–Trinajstić information content (AvgIpc) is 1.88. The van der Waals surface area contributed by atoms with Crippen molar-refractivity contribution in [3.63, 3.8) is 0 Å². The molecule has 0 fully saturated rings. The highest BCUT2D eigenvalue weighted by atomic mass is 16.4. The molecule has 0 radical (unpaired) electrons. The van der Waals surface area contributed by atoms with E-state index in [4.69, 9.17) is 0 Å². The van der Waals surface area contributed by atoms with Gasteiger partial charge in [-0.25, -0.2) is 0 Å². The summed E-state index contributed by atoms with van der Waals surface area (Å²) < 4.78 is 0. The Bertz CT molecular complexity index is 119. The van der Waals surface area contributed by atoms with Gasteiger partial charge in [0.05, 0.1) is 20.1 Å². The van der Waals surface area contributed by atoms with Gasteiger partial charge in [-0.1, -0.05) is 6.08 Å². The Labute approximate surface area is 61.8 Å². The lowest BCUT2D eigenvalue weighted by atomic mass is 10.3. The number of allylic oxidation sites excluding steroid dienone is 1. The van der Waals surface area contributed by atoms with Gasteiger partial charge < -0.3 is 15.2 Å². The lowest BCUT2D eigenvalue weighted by Crippen LogP contribution is -2.74. The number of hydrogen-bond donors (Lipinski definition) is 1. The summed E-state index contributed by atoms with van der Waals surface area (Å²) in [5, 5.41) is 11.8. The monoisotopic (exact) mass is 145 g/mol. The highest BCUT2D eigenvalue weighted by Crippen LogP contribution is 1.85. The summed E-state index contributed by atoms with van der Waals surface area (Å²) in [6.07, 6.45) is 1.50. The van der Waals surface area contributed by atoms with E-state index in [0.29, 0.717) is 0 Å². The fraction of sp³-hybridized carbons (Fsp3) is 0.571. The summed E-state index contributed by atoms with van der Waals surface area (Å²) in [6, 6.07) is 0. The van der Waals surface area contributed by atoms with Crippen LogP contribution in [0.4, 0.5) is 0 Å². The highest BCUT2D eigenvalue weighted by Gasteiger charge is 1.80. The predicted molar refractivity (Wildman–Crippen MR) is 38.2 cm³/mol. The molecule has 0 aliphatic carbocycles. The van der Waals surface area contributed by atoms with Gasteiger partial charge in [0.25, 0.3) is 0 Å². The average molecular weight is 145 g/mol. The van der Waals surface area contributed by atoms with E-state index in [1.807, 2.05) is 19.4 Å². The fourth-order valence-corrected chi connectivity index (χ4v) is 0.118. The number of aliphatic carboxylic acids is 1. The highest BCUT2D eigenvalue weighted by molar-refractivity contribution is 5.83. The minimum Gasteiger partial charge on any atom is -0.545 e. The van der Waals surface area contributed by atoms with E-state index in [9.17, 15) is 9.90 Å². The third-order valence-electron chi connectivity index (χ3n) is 0.755. The van der Waals surface area contributed by atoms with Crippen molar-refractivity contribution in [2.45, 2.75) is 13.8 Å². The SMILES string of the molecule is CC=C(C)C(=O)[O-].C[NH2+]C. The molecular formula is C7H15NO2. The zero-order valence-corrected chi connectivity index (χ0v) is 6.97. The Kier molecular flexibility index (Phi) is 9.73. The van der Waals surface area contributed by atoms with Crippen LogP contribution in [0.2, 0.25) is 0 Å². The molecule has 0 aliphatic rings. The summed E-state index contributed by atoms with van der Waals surface area (Å²) in [5.41, 5.74) is 0.278. The molecule has 0 amide bonds. The summed E-state index contributed by atoms with van der Waals surface area (Å²) in [7, 11) is 4.00. The van der Waals surface area contributed by atoms with E-state index in [1.165, 1.54) is 13.0 Å². The van der Waals surface area contributed by atoms with Crippen molar-refractivity contribution < 1.29 is 15.2 Å². The molecule has 0 bridgehead atoms. The van der Waals surface area contributed by atoms with Gasteiger partial charge >= 0.3 is 0 Å². The molecule has 0 aromatic heterocycles. The van der Waals surface area contributed by atoms with Crippen LogP contribution in [0.5, 0.6) is 0 Å². The van der Waals surface area contributed by atoms with Gasteiger partial charge in [-0.05, 0) is 19.4 Å². The summed E-state index contributed by atoms with van der Waals surface area (Å²) in [5.74, 6) is -1.09. The molecule has 0 atom stereocenters. The van der Waals surface area contributed by atoms with Crippen LogP contribution in [0.15, 0.2) is 11.6 Å². The van der Waals surface area contributed by atoms with E-state index in [-0.39, 0.29) is 5.57 Å². The third kappa shape index (κ3) is 10.2. The van der Waals surface area contributed by atoms with Crippen molar-refractivity contribution in [2.24, 2.45) is 0 Å². The van der Waals surface area contributed by atoms with Crippen LogP contribution in [-0.4, -0.2) is 20.1 Å². The number of carbonyl (C=O) groups excluding carboxylic acids is 1. The molecule has 0 saturated heterocycles. The van der Waals surface area contributed by atoms with Gasteiger partial charge in [0, 0.05) is 0 Å². The van der Waals surface area contributed by atoms with Crippen molar-refractivity contribution in [1.29, 1.82) is 0 Å². The number of quaternary nitrogens is 1. The fourth-order valence-electron chi connectivity index (χ4n) is 0.118. The number of carboxylic acid groups (broad SMARTS) is 1. The second kappa shape index (κ2) is 8.17. The molecule has 0 spiro atoms. The molecule has 0 aromatic carbocycles. The van der Waals surface area contributed by atoms with Crippen LogP contribution in [0.3, 0.4) is 0 Å². The normalized spacial score (nSPS) is 9.80. The number of carboxylic acids is 1. The molecule has 2 N–H and O–H groups in total. The van der Waals surface area contributed by atoms with Crippen LogP contribution in [0, 0.1) is 0 Å². The van der Waals surface area contributed by atoms with Crippen LogP contribution < -0.4 is 10.4 Å². The van der Waals surface area contributed by atoms with Crippen LogP contribution >= 0.6 is 0 Å². The molecule has 0 rings (SSSR count). The number of nitrogens with two attached hydrogens (primary N) is 1. The van der Waals surface area contributed by atoms with Gasteiger partial charge in [0.15, 0.2) is 0 Å². The minimum absolute atomic E-state index is 0.278. The second-order valence-electron chi connectivity index (χ2n) is 1.84. The Morgan fingerprint density at radius 1 is 1.50 bits per heavy atom. The molecular weight excluding hydrogens is 130 g/mol. The van der Waals surface area contributed by atoms with Crippen molar-refractivity contribution in [3.05, 3.63) is 11.6 Å². The molecule has 0 saturated carbocycles. The quantitative estimate of drug-likeness (QED) is 0.457. The number of rotatable bonds is 1. The number of hydrogen-bond acceptors (Lipinski definition) is 2. The molecule has 0 aromatic rings. The molecule has 10 heavy (non-hydrogen) atoms. The minimum atomic E-state index is -1.09. The Hall–Kier alpha value is -0.830. The summed E-state index contributed by atoms with van der Waals surface area (Å²) >= 11 is 0. The maximum atomic E-state index is 9.75. The maximum absolute atomic E-state index is 9.75. The van der Waals surface area contributed by atoms with E-state index < -0.39 is 5.97 Å². The van der Waals surface area contributed by atoms with Crippen LogP contribution in [-0.2, 0) is 4.79 Å². The standard InChI is InChI=1S/C5H8O2.C2H7N/c1-3-4(2)5(6)7;1-3-2/h3H,1-2H3,(H,6,7);3H,1-2H3. The second-order valence-corrected chi connectivity index (χ2v) is 1.84. The predicted octanol–water partition coefficient (Wildman–Crippen LogP) is -1.49. The summed E-state index contributed by atoms with van der Waals surface area (Å²) in [4.78, 5) is 9.75.